The summed E-state index contributed by atoms with van der Waals surface area (Å²) in [5, 5.41) is 9.73. The molecule has 1 rings (SSSR count). The smallest absolute Gasteiger partial charge is 0.335 e. The van der Waals surface area contributed by atoms with Crippen LogP contribution >= 0.6 is 0 Å². The van der Waals surface area contributed by atoms with Gasteiger partial charge in [0.05, 0.1) is 6.10 Å². The van der Waals surface area contributed by atoms with Gasteiger partial charge in [-0.1, -0.05) is 41.5 Å². The highest BCUT2D eigenvalue weighted by Gasteiger charge is 2.53. The number of nitrogens with two attached hydrogens (primary N) is 1. The number of carbonyl (C=O) groups is 1. The Morgan fingerprint density at radius 2 is 1.27 bits per heavy atom. The molecule has 3 N–H and O–H groups in total. The molecular weight excluding hydrogens is 366 g/mol. The summed E-state index contributed by atoms with van der Waals surface area (Å²) in [6, 6.07) is 5.87. The van der Waals surface area contributed by atoms with E-state index in [2.05, 4.69) is 41.5 Å². The summed E-state index contributed by atoms with van der Waals surface area (Å²) < 4.78 is 19.1. The quantitative estimate of drug-likeness (QED) is 0.482. The van der Waals surface area contributed by atoms with Crippen LogP contribution in [0, 0.1) is 0 Å². The van der Waals surface area contributed by atoms with Crippen molar-refractivity contribution >= 4 is 22.6 Å². The Morgan fingerprint density at radius 3 is 1.58 bits per heavy atom. The Morgan fingerprint density at radius 1 is 0.885 bits per heavy atom. The molecule has 0 radical (unpaired) electrons. The van der Waals surface area contributed by atoms with Gasteiger partial charge < -0.3 is 24.4 Å². The molecule has 0 aliphatic carbocycles. The molecule has 0 saturated carbocycles. The zero-order chi connectivity index (χ0) is 20.0. The summed E-state index contributed by atoms with van der Waals surface area (Å²) in [5.41, 5.74) is 5.93. The van der Waals surface area contributed by atoms with Crippen molar-refractivity contribution in [2.24, 2.45) is 5.73 Å². The zero-order valence-corrected chi connectivity index (χ0v) is 19.4. The van der Waals surface area contributed by atoms with Crippen LogP contribution in [0.3, 0.4) is 0 Å². The third kappa shape index (κ3) is 4.96. The number of ether oxygens (including phenoxy) is 1. The normalized spacial score (nSPS) is 27.0. The first-order chi connectivity index (χ1) is 12.3. The summed E-state index contributed by atoms with van der Waals surface area (Å²) in [5.74, 6) is -0.984. The van der Waals surface area contributed by atoms with E-state index in [1.807, 2.05) is 0 Å². The molecule has 6 nitrogen and oxygen atoms in total. The first-order valence-electron chi connectivity index (χ1n) is 10.2. The topological polar surface area (TPSA) is 91.0 Å². The Hall–Kier alpha value is -0.256. The van der Waals surface area contributed by atoms with Gasteiger partial charge in [0, 0.05) is 6.54 Å². The lowest BCUT2D eigenvalue weighted by atomic mass is 10.1. The molecule has 0 amide bonds. The average molecular weight is 406 g/mol. The largest absolute Gasteiger partial charge is 0.479 e. The van der Waals surface area contributed by atoms with Gasteiger partial charge in [-0.15, -0.1) is 0 Å². The van der Waals surface area contributed by atoms with Crippen LogP contribution in [-0.4, -0.2) is 58.7 Å². The highest BCUT2D eigenvalue weighted by atomic mass is 28.4. The molecule has 0 bridgehead atoms. The van der Waals surface area contributed by atoms with Gasteiger partial charge >= 0.3 is 5.97 Å². The zero-order valence-electron chi connectivity index (χ0n) is 17.4. The lowest BCUT2D eigenvalue weighted by molar-refractivity contribution is -0.152. The maximum Gasteiger partial charge on any atom is 0.335 e. The third-order valence-electron chi connectivity index (χ3n) is 6.42. The van der Waals surface area contributed by atoms with E-state index in [9.17, 15) is 9.90 Å². The van der Waals surface area contributed by atoms with Crippen LogP contribution in [0.4, 0.5) is 0 Å². The van der Waals surface area contributed by atoms with Crippen LogP contribution in [0.5, 0.6) is 0 Å². The molecule has 8 heteroatoms. The molecule has 154 valence electrons. The molecule has 1 unspecified atom stereocenters. The van der Waals surface area contributed by atoms with E-state index in [4.69, 9.17) is 19.3 Å². The minimum atomic E-state index is -2.01. The van der Waals surface area contributed by atoms with Crippen LogP contribution in [0.1, 0.15) is 41.5 Å². The standard InChI is InChI=1S/C18H39NO5Si2/c1-7-25(8-2,9-3)23-15-14(13-19)22-17(18(20)21)16(15)24-26(10-4,11-5)12-6/h14-17H,7-13,19H2,1-6H3,(H,20,21)/t14-,15-,16-,17?/m1/s1. The van der Waals surface area contributed by atoms with Crippen molar-refractivity contribution in [2.45, 2.75) is 102 Å². The number of hydrogen-bond acceptors (Lipinski definition) is 5. The van der Waals surface area contributed by atoms with E-state index in [0.29, 0.717) is 0 Å². The molecule has 26 heavy (non-hydrogen) atoms. The summed E-state index contributed by atoms with van der Waals surface area (Å²) in [6.45, 7) is 13.2. The van der Waals surface area contributed by atoms with Crippen molar-refractivity contribution in [2.75, 3.05) is 6.54 Å². The first-order valence-corrected chi connectivity index (χ1v) is 15.3. The maximum atomic E-state index is 11.9. The van der Waals surface area contributed by atoms with Crippen molar-refractivity contribution in [3.8, 4) is 0 Å². The van der Waals surface area contributed by atoms with Crippen molar-refractivity contribution in [1.82, 2.24) is 0 Å². The molecule has 0 aromatic carbocycles. The second kappa shape index (κ2) is 10.3. The van der Waals surface area contributed by atoms with Gasteiger partial charge in [-0.2, -0.15) is 0 Å². The maximum absolute atomic E-state index is 11.9. The minimum absolute atomic E-state index is 0.245. The predicted octanol–water partition coefficient (Wildman–Crippen LogP) is 3.58. The van der Waals surface area contributed by atoms with Gasteiger partial charge in [0.15, 0.2) is 22.7 Å². The molecular formula is C18H39NO5Si2. The Bertz CT molecular complexity index is 427. The van der Waals surface area contributed by atoms with E-state index < -0.39 is 40.9 Å². The fourth-order valence-corrected chi connectivity index (χ4v) is 9.66. The van der Waals surface area contributed by atoms with Crippen LogP contribution in [0.25, 0.3) is 0 Å². The SMILES string of the molecule is CC[Si](CC)(CC)O[C@@H]1[C@@H](CN)OC(C(=O)O)[C@@H]1O[Si](CC)(CC)CC. The fourth-order valence-electron chi connectivity index (χ4n) is 3.96. The third-order valence-corrected chi connectivity index (χ3v) is 15.7. The monoisotopic (exact) mass is 405 g/mol. The van der Waals surface area contributed by atoms with Gasteiger partial charge in [0.25, 0.3) is 0 Å². The van der Waals surface area contributed by atoms with Crippen LogP contribution in [0.2, 0.25) is 36.3 Å². The Labute approximate surface area is 161 Å². The van der Waals surface area contributed by atoms with E-state index in [-0.39, 0.29) is 12.6 Å². The number of aliphatic carboxylic acids is 1. The second-order valence-corrected chi connectivity index (χ2v) is 16.8. The summed E-state index contributed by atoms with van der Waals surface area (Å²) in [7, 11) is -3.95. The molecule has 0 spiro atoms. The molecule has 1 saturated heterocycles. The predicted molar refractivity (Wildman–Crippen MR) is 109 cm³/mol. The van der Waals surface area contributed by atoms with Crippen LogP contribution in [0.15, 0.2) is 0 Å². The summed E-state index contributed by atoms with van der Waals surface area (Å²) in [4.78, 5) is 11.9. The average Bonchev–Trinajstić information content (AvgIpc) is 3.01. The number of carboxylic acid groups (broad SMARTS) is 1. The van der Waals surface area contributed by atoms with Gasteiger partial charge in [0.1, 0.15) is 12.2 Å². The van der Waals surface area contributed by atoms with Gasteiger partial charge in [0.2, 0.25) is 0 Å². The Balaban J connectivity index is 3.24. The van der Waals surface area contributed by atoms with Gasteiger partial charge in [-0.3, -0.25) is 0 Å². The van der Waals surface area contributed by atoms with Crippen molar-refractivity contribution < 1.29 is 23.5 Å². The molecule has 0 aromatic heterocycles. The Kier molecular flexibility index (Phi) is 9.45. The second-order valence-electron chi connectivity index (χ2n) is 7.32. The summed E-state index contributed by atoms with van der Waals surface area (Å²) in [6.07, 6.45) is -2.37. The van der Waals surface area contributed by atoms with Crippen molar-refractivity contribution in [1.29, 1.82) is 0 Å². The molecule has 1 aliphatic rings. The van der Waals surface area contributed by atoms with E-state index in [0.717, 1.165) is 36.3 Å². The van der Waals surface area contributed by atoms with E-state index in [1.54, 1.807) is 0 Å². The number of rotatable bonds is 12. The van der Waals surface area contributed by atoms with Crippen molar-refractivity contribution in [3.63, 3.8) is 0 Å². The van der Waals surface area contributed by atoms with Crippen molar-refractivity contribution in [3.05, 3.63) is 0 Å². The van der Waals surface area contributed by atoms with Gasteiger partial charge in [-0.05, 0) is 36.3 Å². The van der Waals surface area contributed by atoms with Crippen LogP contribution < -0.4 is 5.73 Å². The molecule has 1 fully saturated rings. The number of carboxylic acids is 1. The van der Waals surface area contributed by atoms with Crippen LogP contribution in [-0.2, 0) is 18.4 Å². The molecule has 4 atom stereocenters. The lowest BCUT2D eigenvalue weighted by Crippen LogP contribution is -2.53. The highest BCUT2D eigenvalue weighted by Crippen LogP contribution is 2.36. The molecule has 0 aromatic rings. The summed E-state index contributed by atoms with van der Waals surface area (Å²) >= 11 is 0. The van der Waals surface area contributed by atoms with Gasteiger partial charge in [-0.25, -0.2) is 4.79 Å². The molecule has 1 aliphatic heterocycles. The fraction of sp³-hybridized carbons (Fsp3) is 0.944. The lowest BCUT2D eigenvalue weighted by Gasteiger charge is -2.39. The minimum Gasteiger partial charge on any atom is -0.479 e. The molecule has 1 heterocycles. The first kappa shape index (κ1) is 23.8. The highest BCUT2D eigenvalue weighted by molar-refractivity contribution is 6.74. The van der Waals surface area contributed by atoms with E-state index in [1.165, 1.54) is 0 Å². The number of hydrogen-bond donors (Lipinski definition) is 2. The van der Waals surface area contributed by atoms with E-state index >= 15 is 0 Å².